The number of rotatable bonds is 7. The molecule has 9 heteroatoms. The summed E-state index contributed by atoms with van der Waals surface area (Å²) in [7, 11) is -2.25. The van der Waals surface area contributed by atoms with Crippen LogP contribution in [0.2, 0.25) is 5.02 Å². The maximum Gasteiger partial charge on any atom is 0.267 e. The fourth-order valence-corrected chi connectivity index (χ4v) is 4.65. The molecule has 2 aromatic carbocycles. The molecule has 1 aliphatic rings. The molecule has 0 aromatic heterocycles. The molecule has 1 heterocycles. The first kappa shape index (κ1) is 20.3. The molecule has 0 aliphatic carbocycles. The van der Waals surface area contributed by atoms with Crippen LogP contribution in [0.25, 0.3) is 0 Å². The highest BCUT2D eigenvalue weighted by molar-refractivity contribution is 7.90. The Bertz CT molecular complexity index is 1010. The molecule has 0 saturated heterocycles. The summed E-state index contributed by atoms with van der Waals surface area (Å²) in [6, 6.07) is 13.3. The van der Waals surface area contributed by atoms with Crippen LogP contribution >= 0.6 is 11.6 Å². The van der Waals surface area contributed by atoms with Gasteiger partial charge >= 0.3 is 0 Å². The third kappa shape index (κ3) is 4.35. The van der Waals surface area contributed by atoms with Gasteiger partial charge in [0.05, 0.1) is 22.8 Å². The summed E-state index contributed by atoms with van der Waals surface area (Å²) < 4.78 is 32.3. The minimum atomic E-state index is -3.80. The van der Waals surface area contributed by atoms with Crippen molar-refractivity contribution in [1.82, 2.24) is 4.31 Å². The monoisotopic (exact) mass is 421 g/mol. The van der Waals surface area contributed by atoms with Gasteiger partial charge < -0.3 is 10.1 Å². The van der Waals surface area contributed by atoms with Gasteiger partial charge in [0.25, 0.3) is 10.0 Å². The lowest BCUT2D eigenvalue weighted by Gasteiger charge is -2.29. The Labute approximate surface area is 169 Å². The van der Waals surface area contributed by atoms with Crippen molar-refractivity contribution in [2.45, 2.75) is 17.7 Å². The van der Waals surface area contributed by atoms with Gasteiger partial charge in [-0.3, -0.25) is 9.10 Å². The number of sulfonamides is 1. The molecular formula is C19H20ClN3O4S. The molecule has 3 rings (SSSR count). The van der Waals surface area contributed by atoms with E-state index >= 15 is 0 Å². The number of methoxy groups -OCH3 is 1. The van der Waals surface area contributed by atoms with E-state index in [4.69, 9.17) is 16.3 Å². The lowest BCUT2D eigenvalue weighted by Crippen LogP contribution is -2.41. The van der Waals surface area contributed by atoms with Gasteiger partial charge in [0.15, 0.2) is 0 Å². The lowest BCUT2D eigenvalue weighted by atomic mass is 10.2. The Morgan fingerprint density at radius 1 is 1.18 bits per heavy atom. The molecule has 0 atom stereocenters. The van der Waals surface area contributed by atoms with E-state index in [1.165, 1.54) is 10.4 Å². The summed E-state index contributed by atoms with van der Waals surface area (Å²) in [6.07, 6.45) is 0.273. The number of para-hydroxylation sites is 2. The molecule has 0 saturated carbocycles. The highest BCUT2D eigenvalue weighted by atomic mass is 35.5. The Morgan fingerprint density at radius 2 is 1.89 bits per heavy atom. The Kier molecular flexibility index (Phi) is 6.33. The second-order valence-electron chi connectivity index (χ2n) is 6.12. The number of hydrogen-bond donors (Lipinski definition) is 1. The number of ether oxygens (including phenoxy) is 1. The molecule has 0 fully saturated rings. The van der Waals surface area contributed by atoms with Crippen LogP contribution in [0.1, 0.15) is 12.8 Å². The zero-order valence-corrected chi connectivity index (χ0v) is 16.8. The quantitative estimate of drug-likeness (QED) is 0.693. The highest BCUT2D eigenvalue weighted by Crippen LogP contribution is 2.33. The Balaban J connectivity index is 1.88. The Hall–Kier alpha value is -2.42. The second kappa shape index (κ2) is 8.72. The van der Waals surface area contributed by atoms with Gasteiger partial charge in [0.2, 0.25) is 5.91 Å². The van der Waals surface area contributed by atoms with Crippen molar-refractivity contribution in [3.8, 4) is 0 Å². The van der Waals surface area contributed by atoms with Crippen molar-refractivity contribution in [2.75, 3.05) is 25.6 Å². The predicted molar refractivity (Wildman–Crippen MR) is 109 cm³/mol. The number of hydrogen-bond acceptors (Lipinski definition) is 5. The summed E-state index contributed by atoms with van der Waals surface area (Å²) in [5.74, 6) is -0.238. The minimum Gasteiger partial charge on any atom is -0.385 e. The molecule has 1 aliphatic heterocycles. The molecule has 0 unspecified atom stereocenters. The normalized spacial score (nSPS) is 14.9. The maximum atomic E-state index is 13.1. The molecule has 2 aromatic rings. The van der Waals surface area contributed by atoms with Gasteiger partial charge in [-0.1, -0.05) is 35.9 Å². The second-order valence-corrected chi connectivity index (χ2v) is 8.36. The fraction of sp³-hybridized carbons (Fsp3) is 0.263. The number of nitrogens with one attached hydrogen (secondary N) is 1. The number of amidine groups is 1. The summed E-state index contributed by atoms with van der Waals surface area (Å²) in [6.45, 7) is 0.565. The number of aliphatic imine (C=N–C) groups is 1. The lowest BCUT2D eigenvalue weighted by molar-refractivity contribution is -0.115. The van der Waals surface area contributed by atoms with Gasteiger partial charge in [-0.05, 0) is 30.7 Å². The number of carbonyl (C=O) groups excluding carboxylic acids is 1. The van der Waals surface area contributed by atoms with Crippen molar-refractivity contribution in [3.63, 3.8) is 0 Å². The zero-order chi connectivity index (χ0) is 20.1. The van der Waals surface area contributed by atoms with Crippen molar-refractivity contribution in [1.29, 1.82) is 0 Å². The van der Waals surface area contributed by atoms with E-state index in [9.17, 15) is 13.2 Å². The average Bonchev–Trinajstić information content (AvgIpc) is 2.66. The molecular weight excluding hydrogens is 402 g/mol. The first-order valence-corrected chi connectivity index (χ1v) is 10.5. The van der Waals surface area contributed by atoms with Crippen LogP contribution < -0.4 is 5.32 Å². The predicted octanol–water partition coefficient (Wildman–Crippen LogP) is 3.44. The Morgan fingerprint density at radius 3 is 2.64 bits per heavy atom. The molecule has 7 nitrogen and oxygen atoms in total. The van der Waals surface area contributed by atoms with E-state index in [1.54, 1.807) is 49.6 Å². The third-order valence-electron chi connectivity index (χ3n) is 4.15. The number of carbonyl (C=O) groups is 1. The molecule has 28 heavy (non-hydrogen) atoms. The van der Waals surface area contributed by atoms with E-state index in [1.807, 2.05) is 0 Å². The number of nitrogens with zero attached hydrogens (tertiary/aromatic N) is 2. The summed E-state index contributed by atoms with van der Waals surface area (Å²) >= 11 is 6.07. The van der Waals surface area contributed by atoms with Crippen molar-refractivity contribution in [2.24, 2.45) is 4.99 Å². The van der Waals surface area contributed by atoms with Crippen LogP contribution in [-0.4, -0.2) is 44.7 Å². The van der Waals surface area contributed by atoms with Crippen LogP contribution in [0.15, 0.2) is 58.4 Å². The fourth-order valence-electron chi connectivity index (χ4n) is 2.85. The standard InChI is InChI=1S/C19H20ClN3O4S/c1-27-12-6-11-23-18(13-19(24)22-15-8-3-2-7-14(15)20)21-16-9-4-5-10-17(16)28(23,25)26/h2-5,7-10H,6,11-13H2,1H3,(H,22,24). The van der Waals surface area contributed by atoms with Crippen LogP contribution in [0.5, 0.6) is 0 Å². The van der Waals surface area contributed by atoms with Gasteiger partial charge in [0, 0.05) is 20.3 Å². The van der Waals surface area contributed by atoms with Gasteiger partial charge in [-0.15, -0.1) is 0 Å². The smallest absolute Gasteiger partial charge is 0.267 e. The average molecular weight is 422 g/mol. The first-order chi connectivity index (χ1) is 13.4. The summed E-state index contributed by atoms with van der Waals surface area (Å²) in [5, 5.41) is 3.10. The minimum absolute atomic E-state index is 0.127. The molecule has 1 N–H and O–H groups in total. The zero-order valence-electron chi connectivity index (χ0n) is 15.3. The number of benzene rings is 2. The van der Waals surface area contributed by atoms with Gasteiger partial charge in [-0.25, -0.2) is 13.4 Å². The van der Waals surface area contributed by atoms with Crippen molar-refractivity contribution in [3.05, 3.63) is 53.6 Å². The van der Waals surface area contributed by atoms with Crippen LogP contribution in [0.3, 0.4) is 0 Å². The van der Waals surface area contributed by atoms with E-state index in [2.05, 4.69) is 10.3 Å². The van der Waals surface area contributed by atoms with Gasteiger partial charge in [0.1, 0.15) is 10.7 Å². The summed E-state index contributed by atoms with van der Waals surface area (Å²) in [5.41, 5.74) is 0.783. The van der Waals surface area contributed by atoms with E-state index in [0.717, 1.165) is 0 Å². The van der Waals surface area contributed by atoms with E-state index in [0.29, 0.717) is 29.4 Å². The molecule has 1 amide bonds. The molecule has 0 radical (unpaired) electrons. The SMILES string of the molecule is COCCCN1C(CC(=O)Nc2ccccc2Cl)=Nc2ccccc2S1(=O)=O. The molecule has 0 bridgehead atoms. The first-order valence-electron chi connectivity index (χ1n) is 8.66. The number of halogens is 1. The van der Waals surface area contributed by atoms with E-state index in [-0.39, 0.29) is 23.7 Å². The molecule has 0 spiro atoms. The third-order valence-corrected chi connectivity index (χ3v) is 6.35. The molecule has 148 valence electrons. The van der Waals surface area contributed by atoms with Crippen LogP contribution in [0.4, 0.5) is 11.4 Å². The van der Waals surface area contributed by atoms with Crippen LogP contribution in [-0.2, 0) is 19.6 Å². The van der Waals surface area contributed by atoms with Crippen molar-refractivity contribution < 1.29 is 17.9 Å². The van der Waals surface area contributed by atoms with E-state index < -0.39 is 15.9 Å². The topological polar surface area (TPSA) is 88.1 Å². The highest BCUT2D eigenvalue weighted by Gasteiger charge is 2.34. The number of anilines is 1. The van der Waals surface area contributed by atoms with Crippen molar-refractivity contribution >= 4 is 44.7 Å². The summed E-state index contributed by atoms with van der Waals surface area (Å²) in [4.78, 5) is 17.1. The van der Waals surface area contributed by atoms with Crippen LogP contribution in [0, 0.1) is 0 Å². The maximum absolute atomic E-state index is 13.1. The van der Waals surface area contributed by atoms with Gasteiger partial charge in [-0.2, -0.15) is 0 Å². The number of fused-ring (bicyclic) bond motifs is 1. The number of amides is 1. The largest absolute Gasteiger partial charge is 0.385 e.